The lowest BCUT2D eigenvalue weighted by molar-refractivity contribution is 0.0952. The number of ether oxygens (including phenoxy) is 1. The zero-order chi connectivity index (χ0) is 26.9. The van der Waals surface area contributed by atoms with E-state index >= 15 is 0 Å². The quantitative estimate of drug-likeness (QED) is 0.253. The first-order chi connectivity index (χ1) is 18.4. The minimum absolute atomic E-state index is 0.0153. The number of hydrogen-bond acceptors (Lipinski definition) is 8. The van der Waals surface area contributed by atoms with E-state index in [1.54, 1.807) is 18.5 Å². The average molecular weight is 545 g/mol. The predicted molar refractivity (Wildman–Crippen MR) is 143 cm³/mol. The molecule has 1 aliphatic heterocycles. The van der Waals surface area contributed by atoms with Gasteiger partial charge < -0.3 is 19.5 Å². The van der Waals surface area contributed by atoms with Gasteiger partial charge in [-0.15, -0.1) is 11.6 Å². The SMILES string of the molecule is CC(C)Cc1nc(-c2cnc(N3CCC(CCCOc4ccc(C(=O)NCCCl)c(F)c4)CC3)nc2)no1. The van der Waals surface area contributed by atoms with E-state index in [0.717, 1.165) is 50.8 Å². The number of rotatable bonds is 12. The smallest absolute Gasteiger partial charge is 0.254 e. The number of alkyl halides is 1. The molecule has 9 nitrogen and oxygen atoms in total. The normalized spacial score (nSPS) is 14.2. The van der Waals surface area contributed by atoms with Crippen LogP contribution in [0.2, 0.25) is 0 Å². The number of hydrogen-bond donors (Lipinski definition) is 1. The zero-order valence-corrected chi connectivity index (χ0v) is 22.6. The van der Waals surface area contributed by atoms with Crippen LogP contribution < -0.4 is 15.0 Å². The summed E-state index contributed by atoms with van der Waals surface area (Å²) in [6.07, 6.45) is 8.25. The Kier molecular flexibility index (Phi) is 9.86. The minimum Gasteiger partial charge on any atom is -0.493 e. The molecule has 0 atom stereocenters. The summed E-state index contributed by atoms with van der Waals surface area (Å²) >= 11 is 5.55. The van der Waals surface area contributed by atoms with E-state index in [2.05, 4.69) is 44.2 Å². The predicted octanol–water partition coefficient (Wildman–Crippen LogP) is 4.91. The summed E-state index contributed by atoms with van der Waals surface area (Å²) in [5, 5.41) is 6.60. The summed E-state index contributed by atoms with van der Waals surface area (Å²) in [7, 11) is 0. The number of aromatic nitrogens is 4. The molecule has 1 aromatic carbocycles. The van der Waals surface area contributed by atoms with Gasteiger partial charge in [0.2, 0.25) is 17.7 Å². The second-order valence-electron chi connectivity index (χ2n) is 9.89. The fraction of sp³-hybridized carbons (Fsp3) is 0.519. The van der Waals surface area contributed by atoms with Crippen molar-refractivity contribution in [2.75, 3.05) is 37.0 Å². The second kappa shape index (κ2) is 13.5. The molecule has 3 aromatic rings. The third kappa shape index (κ3) is 7.63. The molecule has 1 saturated heterocycles. The van der Waals surface area contributed by atoms with E-state index < -0.39 is 11.7 Å². The summed E-state index contributed by atoms with van der Waals surface area (Å²) < 4.78 is 25.3. The van der Waals surface area contributed by atoms with Crippen molar-refractivity contribution in [3.8, 4) is 17.1 Å². The third-order valence-corrected chi connectivity index (χ3v) is 6.62. The van der Waals surface area contributed by atoms with Gasteiger partial charge in [0, 0.05) is 50.4 Å². The first kappa shape index (κ1) is 27.8. The number of amides is 1. The highest BCUT2D eigenvalue weighted by Crippen LogP contribution is 2.25. The number of nitrogens with zero attached hydrogens (tertiary/aromatic N) is 5. The molecule has 0 saturated carbocycles. The fourth-order valence-corrected chi connectivity index (χ4v) is 4.51. The molecule has 204 valence electrons. The van der Waals surface area contributed by atoms with Crippen molar-refractivity contribution in [2.24, 2.45) is 11.8 Å². The van der Waals surface area contributed by atoms with Gasteiger partial charge in [0.15, 0.2) is 0 Å². The first-order valence-corrected chi connectivity index (χ1v) is 13.6. The highest BCUT2D eigenvalue weighted by atomic mass is 35.5. The van der Waals surface area contributed by atoms with E-state index in [4.69, 9.17) is 20.9 Å². The Morgan fingerprint density at radius 1 is 1.26 bits per heavy atom. The number of piperidine rings is 1. The molecule has 11 heteroatoms. The van der Waals surface area contributed by atoms with Gasteiger partial charge in [0.25, 0.3) is 5.91 Å². The van der Waals surface area contributed by atoms with Gasteiger partial charge in [-0.3, -0.25) is 4.79 Å². The molecule has 4 rings (SSSR count). The van der Waals surface area contributed by atoms with Crippen molar-refractivity contribution in [1.29, 1.82) is 0 Å². The van der Waals surface area contributed by atoms with Crippen LogP contribution in [0.25, 0.3) is 11.4 Å². The maximum atomic E-state index is 14.3. The van der Waals surface area contributed by atoms with E-state index in [1.807, 2.05) is 0 Å². The standard InChI is InChI=1S/C27H34ClFN6O3/c1-18(2)14-24-33-25(34-38-24)20-16-31-27(32-17-20)35-11-7-19(8-12-35)4-3-13-37-21-5-6-22(23(29)15-21)26(36)30-10-9-28/h5-6,15-19H,3-4,7-14H2,1-2H3,(H,30,36). The fourth-order valence-electron chi connectivity index (χ4n) is 4.41. The van der Waals surface area contributed by atoms with Crippen LogP contribution in [0.1, 0.15) is 55.8 Å². The second-order valence-corrected chi connectivity index (χ2v) is 10.3. The highest BCUT2D eigenvalue weighted by molar-refractivity contribution is 6.18. The monoisotopic (exact) mass is 544 g/mol. The molecule has 0 aliphatic carbocycles. The molecule has 1 aliphatic rings. The lowest BCUT2D eigenvalue weighted by Crippen LogP contribution is -2.34. The molecule has 0 spiro atoms. The van der Waals surface area contributed by atoms with Crippen LogP contribution in [0.15, 0.2) is 35.1 Å². The van der Waals surface area contributed by atoms with E-state index in [9.17, 15) is 9.18 Å². The summed E-state index contributed by atoms with van der Waals surface area (Å²) in [5.41, 5.74) is 0.727. The molecular formula is C27H34ClFN6O3. The maximum absolute atomic E-state index is 14.3. The van der Waals surface area contributed by atoms with Crippen LogP contribution in [-0.4, -0.2) is 58.1 Å². The van der Waals surface area contributed by atoms with Gasteiger partial charge >= 0.3 is 0 Å². The van der Waals surface area contributed by atoms with Crippen LogP contribution in [-0.2, 0) is 6.42 Å². The molecule has 38 heavy (non-hydrogen) atoms. The number of nitrogens with one attached hydrogen (secondary N) is 1. The van der Waals surface area contributed by atoms with E-state index in [1.165, 1.54) is 12.1 Å². The number of carbonyl (C=O) groups is 1. The van der Waals surface area contributed by atoms with Crippen molar-refractivity contribution >= 4 is 23.5 Å². The molecule has 0 unspecified atom stereocenters. The number of carbonyl (C=O) groups excluding carboxylic acids is 1. The van der Waals surface area contributed by atoms with Crippen LogP contribution in [0, 0.1) is 17.7 Å². The van der Waals surface area contributed by atoms with Gasteiger partial charge in [0.1, 0.15) is 11.6 Å². The summed E-state index contributed by atoms with van der Waals surface area (Å²) in [5.74, 6) is 2.50. The lowest BCUT2D eigenvalue weighted by atomic mass is 9.92. The van der Waals surface area contributed by atoms with E-state index in [0.29, 0.717) is 41.9 Å². The van der Waals surface area contributed by atoms with Crippen molar-refractivity contribution in [3.63, 3.8) is 0 Å². The summed E-state index contributed by atoms with van der Waals surface area (Å²) in [4.78, 5) is 27.6. The van der Waals surface area contributed by atoms with Gasteiger partial charge in [-0.25, -0.2) is 14.4 Å². The Labute approximate surface area is 227 Å². The van der Waals surface area contributed by atoms with Crippen molar-refractivity contribution in [1.82, 2.24) is 25.4 Å². The Balaban J connectivity index is 1.17. The van der Waals surface area contributed by atoms with Gasteiger partial charge in [-0.2, -0.15) is 4.98 Å². The van der Waals surface area contributed by atoms with Crippen LogP contribution in [0.4, 0.5) is 10.3 Å². The summed E-state index contributed by atoms with van der Waals surface area (Å²) in [6, 6.07) is 4.30. The van der Waals surface area contributed by atoms with Crippen LogP contribution in [0.3, 0.4) is 0 Å². The Morgan fingerprint density at radius 3 is 2.71 bits per heavy atom. The molecule has 0 radical (unpaired) electrons. The summed E-state index contributed by atoms with van der Waals surface area (Å²) in [6.45, 7) is 6.79. The largest absolute Gasteiger partial charge is 0.493 e. The number of benzene rings is 1. The zero-order valence-electron chi connectivity index (χ0n) is 21.8. The molecule has 1 N–H and O–H groups in total. The van der Waals surface area contributed by atoms with Gasteiger partial charge in [-0.05, 0) is 49.7 Å². The van der Waals surface area contributed by atoms with Crippen LogP contribution >= 0.6 is 11.6 Å². The van der Waals surface area contributed by atoms with Gasteiger partial charge in [-0.1, -0.05) is 19.0 Å². The Bertz CT molecular complexity index is 1180. The van der Waals surface area contributed by atoms with Gasteiger partial charge in [0.05, 0.1) is 17.7 Å². The first-order valence-electron chi connectivity index (χ1n) is 13.1. The van der Waals surface area contributed by atoms with Crippen LogP contribution in [0.5, 0.6) is 5.75 Å². The van der Waals surface area contributed by atoms with Crippen molar-refractivity contribution in [2.45, 2.75) is 46.0 Å². The molecular weight excluding hydrogens is 511 g/mol. The van der Waals surface area contributed by atoms with Crippen molar-refractivity contribution < 1.29 is 18.4 Å². The Morgan fingerprint density at radius 2 is 2.03 bits per heavy atom. The minimum atomic E-state index is -0.606. The molecule has 1 fully saturated rings. The third-order valence-electron chi connectivity index (χ3n) is 6.44. The Hall–Kier alpha value is -3.27. The molecule has 2 aromatic heterocycles. The molecule has 1 amide bonds. The number of anilines is 1. The average Bonchev–Trinajstić information content (AvgIpc) is 3.38. The lowest BCUT2D eigenvalue weighted by Gasteiger charge is -2.32. The highest BCUT2D eigenvalue weighted by Gasteiger charge is 2.21. The molecule has 3 heterocycles. The van der Waals surface area contributed by atoms with E-state index in [-0.39, 0.29) is 18.0 Å². The molecule has 0 bridgehead atoms. The maximum Gasteiger partial charge on any atom is 0.254 e. The topological polar surface area (TPSA) is 106 Å². The number of halogens is 2. The van der Waals surface area contributed by atoms with Crippen molar-refractivity contribution in [3.05, 3.63) is 47.9 Å².